The van der Waals surface area contributed by atoms with Crippen LogP contribution in [0.15, 0.2) is 0 Å². The van der Waals surface area contributed by atoms with Gasteiger partial charge in [-0.05, 0) is 13.8 Å². The van der Waals surface area contributed by atoms with Crippen LogP contribution in [0.3, 0.4) is 0 Å². The van der Waals surface area contributed by atoms with Gasteiger partial charge in [-0.3, -0.25) is 4.79 Å². The Labute approximate surface area is 104 Å². The molecule has 0 aromatic carbocycles. The van der Waals surface area contributed by atoms with Gasteiger partial charge in [0.25, 0.3) is 0 Å². The first-order chi connectivity index (χ1) is 8.03. The largest absolute Gasteiger partial charge is 0.481 e. The van der Waals surface area contributed by atoms with Gasteiger partial charge in [-0.2, -0.15) is 0 Å². The summed E-state index contributed by atoms with van der Waals surface area (Å²) >= 11 is 0. The second-order valence-corrected chi connectivity index (χ2v) is 4.61. The smallest absolute Gasteiger partial charge is 0.326 e. The Balaban J connectivity index is 4.50. The van der Waals surface area contributed by atoms with Crippen molar-refractivity contribution in [3.05, 3.63) is 0 Å². The third-order valence-electron chi connectivity index (χ3n) is 1.95. The fraction of sp³-hybridized carbons (Fsp3) is 0.700. The molecule has 0 bridgehead atoms. The molecule has 8 heteroatoms. The highest BCUT2D eigenvalue weighted by Gasteiger charge is 2.26. The van der Waals surface area contributed by atoms with Crippen LogP contribution in [-0.4, -0.2) is 63.4 Å². The number of carboxylic acid groups (broad SMARTS) is 2. The molecule has 1 atom stereocenters. The van der Waals surface area contributed by atoms with Gasteiger partial charge in [0.2, 0.25) is 0 Å². The number of hydrogen-bond acceptors (Lipinski definition) is 4. The van der Waals surface area contributed by atoms with Crippen molar-refractivity contribution >= 4 is 18.0 Å². The lowest BCUT2D eigenvalue weighted by atomic mass is 10.1. The number of nitrogens with zero attached hydrogens (tertiary/aromatic N) is 1. The highest BCUT2D eigenvalue weighted by molar-refractivity contribution is 5.86. The third kappa shape index (κ3) is 6.69. The average Bonchev–Trinajstić information content (AvgIpc) is 2.12. The number of hydrogen-bond donors (Lipinski definition) is 4. The van der Waals surface area contributed by atoms with Crippen LogP contribution in [0.25, 0.3) is 0 Å². The number of likely N-dealkylation sites (N-methyl/N-ethyl adjacent to an activating group) is 1. The number of amides is 2. The predicted molar refractivity (Wildman–Crippen MR) is 61.1 cm³/mol. The van der Waals surface area contributed by atoms with Crippen LogP contribution in [0.4, 0.5) is 4.79 Å². The molecule has 0 saturated heterocycles. The Hall–Kier alpha value is -1.83. The molecule has 0 saturated carbocycles. The lowest BCUT2D eigenvalue weighted by Gasteiger charge is -2.26. The van der Waals surface area contributed by atoms with Crippen LogP contribution >= 0.6 is 0 Å². The number of carboxylic acids is 2. The summed E-state index contributed by atoms with van der Waals surface area (Å²) in [6, 6.07) is -2.26. The maximum absolute atomic E-state index is 11.6. The molecule has 0 aliphatic heterocycles. The van der Waals surface area contributed by atoms with E-state index in [2.05, 4.69) is 5.32 Å². The van der Waals surface area contributed by atoms with Crippen molar-refractivity contribution in [3.8, 4) is 0 Å². The fourth-order valence-electron chi connectivity index (χ4n) is 1.29. The fourth-order valence-corrected chi connectivity index (χ4v) is 1.29. The number of aliphatic carboxylic acids is 2. The van der Waals surface area contributed by atoms with E-state index in [9.17, 15) is 19.5 Å². The summed E-state index contributed by atoms with van der Waals surface area (Å²) in [6.45, 7) is 2.96. The summed E-state index contributed by atoms with van der Waals surface area (Å²) in [5, 5.41) is 28.8. The molecule has 0 aliphatic carbocycles. The van der Waals surface area contributed by atoms with Gasteiger partial charge in [-0.1, -0.05) is 0 Å². The van der Waals surface area contributed by atoms with Crippen LogP contribution in [0.1, 0.15) is 20.3 Å². The summed E-state index contributed by atoms with van der Waals surface area (Å²) < 4.78 is 0. The molecule has 0 spiro atoms. The predicted octanol–water partition coefficient (Wildman–Crippen LogP) is -0.673. The van der Waals surface area contributed by atoms with E-state index in [0.717, 1.165) is 4.90 Å². The average molecular weight is 262 g/mol. The minimum atomic E-state index is -1.50. The SMILES string of the molecule is CN(CC(C)(C)O)C(=O)N[C@@H](CC(=O)O)C(=O)O. The van der Waals surface area contributed by atoms with E-state index in [4.69, 9.17) is 10.2 Å². The second-order valence-electron chi connectivity index (χ2n) is 4.61. The molecule has 0 fully saturated rings. The summed E-state index contributed by atoms with van der Waals surface area (Å²) in [6.07, 6.45) is -0.711. The van der Waals surface area contributed by atoms with Crippen molar-refractivity contribution in [2.24, 2.45) is 0 Å². The van der Waals surface area contributed by atoms with Gasteiger partial charge in [-0.15, -0.1) is 0 Å². The molecule has 0 aromatic rings. The van der Waals surface area contributed by atoms with Gasteiger partial charge in [0.1, 0.15) is 6.04 Å². The van der Waals surface area contributed by atoms with Gasteiger partial charge < -0.3 is 25.5 Å². The first-order valence-electron chi connectivity index (χ1n) is 5.21. The summed E-state index contributed by atoms with van der Waals surface area (Å²) in [5.74, 6) is -2.75. The van der Waals surface area contributed by atoms with E-state index in [0.29, 0.717) is 0 Å². The lowest BCUT2D eigenvalue weighted by Crippen LogP contribution is -2.50. The number of urea groups is 1. The van der Waals surface area contributed by atoms with Crippen LogP contribution in [0.2, 0.25) is 0 Å². The van der Waals surface area contributed by atoms with Crippen molar-refractivity contribution in [2.75, 3.05) is 13.6 Å². The minimum absolute atomic E-state index is 0.0156. The quantitative estimate of drug-likeness (QED) is 0.502. The zero-order valence-corrected chi connectivity index (χ0v) is 10.5. The molecule has 4 N–H and O–H groups in total. The Morgan fingerprint density at radius 2 is 1.78 bits per heavy atom. The summed E-state index contributed by atoms with van der Waals surface area (Å²) in [5.41, 5.74) is -1.13. The normalized spacial score (nSPS) is 12.7. The van der Waals surface area contributed by atoms with Gasteiger partial charge in [0.15, 0.2) is 0 Å². The monoisotopic (exact) mass is 262 g/mol. The zero-order chi connectivity index (χ0) is 14.5. The number of carbonyl (C=O) groups excluding carboxylic acids is 1. The molecule has 0 aromatic heterocycles. The Morgan fingerprint density at radius 3 is 2.11 bits per heavy atom. The first kappa shape index (κ1) is 16.2. The molecule has 0 radical (unpaired) electrons. The number of rotatable bonds is 6. The van der Waals surface area contributed by atoms with E-state index in [1.54, 1.807) is 0 Å². The third-order valence-corrected chi connectivity index (χ3v) is 1.95. The highest BCUT2D eigenvalue weighted by atomic mass is 16.4. The molecular weight excluding hydrogens is 244 g/mol. The van der Waals surface area contributed by atoms with Crippen LogP contribution < -0.4 is 5.32 Å². The van der Waals surface area contributed by atoms with Gasteiger partial charge in [-0.25, -0.2) is 9.59 Å². The minimum Gasteiger partial charge on any atom is -0.481 e. The van der Waals surface area contributed by atoms with E-state index in [1.165, 1.54) is 20.9 Å². The molecule has 104 valence electrons. The molecular formula is C10H18N2O6. The first-order valence-corrected chi connectivity index (χ1v) is 5.21. The number of aliphatic hydroxyl groups is 1. The van der Waals surface area contributed by atoms with Crippen molar-refractivity contribution < 1.29 is 29.7 Å². The molecule has 0 aliphatic rings. The molecule has 0 unspecified atom stereocenters. The zero-order valence-electron chi connectivity index (χ0n) is 10.5. The van der Waals surface area contributed by atoms with Crippen molar-refractivity contribution in [1.29, 1.82) is 0 Å². The number of nitrogens with one attached hydrogen (secondary N) is 1. The molecule has 18 heavy (non-hydrogen) atoms. The summed E-state index contributed by atoms with van der Waals surface area (Å²) in [4.78, 5) is 33.8. The van der Waals surface area contributed by atoms with Crippen molar-refractivity contribution in [2.45, 2.75) is 31.9 Å². The molecule has 2 amide bonds. The maximum atomic E-state index is 11.6. The standard InChI is InChI=1S/C10H18N2O6/c1-10(2,18)5-12(3)9(17)11-6(8(15)16)4-7(13)14/h6,18H,4-5H2,1-3H3,(H,11,17)(H,13,14)(H,15,16)/t6-/m0/s1. The number of carbonyl (C=O) groups is 3. The molecule has 0 rings (SSSR count). The van der Waals surface area contributed by atoms with Gasteiger partial charge in [0, 0.05) is 7.05 Å². The van der Waals surface area contributed by atoms with Gasteiger partial charge >= 0.3 is 18.0 Å². The summed E-state index contributed by atoms with van der Waals surface area (Å²) in [7, 11) is 1.37. The van der Waals surface area contributed by atoms with E-state index in [-0.39, 0.29) is 6.54 Å². The van der Waals surface area contributed by atoms with E-state index >= 15 is 0 Å². The molecule has 0 heterocycles. The van der Waals surface area contributed by atoms with Crippen molar-refractivity contribution in [3.63, 3.8) is 0 Å². The van der Waals surface area contributed by atoms with Crippen LogP contribution in [0.5, 0.6) is 0 Å². The van der Waals surface area contributed by atoms with Crippen LogP contribution in [-0.2, 0) is 9.59 Å². The van der Waals surface area contributed by atoms with Crippen molar-refractivity contribution in [1.82, 2.24) is 10.2 Å². The Bertz CT molecular complexity index is 336. The van der Waals surface area contributed by atoms with Crippen LogP contribution in [0, 0.1) is 0 Å². The second kappa shape index (κ2) is 6.20. The Kier molecular flexibility index (Phi) is 5.57. The Morgan fingerprint density at radius 1 is 1.28 bits per heavy atom. The van der Waals surface area contributed by atoms with E-state index < -0.39 is 36.0 Å². The highest BCUT2D eigenvalue weighted by Crippen LogP contribution is 2.04. The molecule has 8 nitrogen and oxygen atoms in total. The topological polar surface area (TPSA) is 127 Å². The lowest BCUT2D eigenvalue weighted by molar-refractivity contribution is -0.145. The van der Waals surface area contributed by atoms with Gasteiger partial charge in [0.05, 0.1) is 18.6 Å². The van der Waals surface area contributed by atoms with E-state index in [1.807, 2.05) is 0 Å². The maximum Gasteiger partial charge on any atom is 0.326 e.